The number of carbonyl (C=O) groups is 1. The van der Waals surface area contributed by atoms with E-state index in [9.17, 15) is 4.79 Å². The fourth-order valence-corrected chi connectivity index (χ4v) is 3.27. The number of halogens is 1. The fourth-order valence-electron chi connectivity index (χ4n) is 1.82. The van der Waals surface area contributed by atoms with Crippen molar-refractivity contribution < 1.29 is 4.79 Å². The highest BCUT2D eigenvalue weighted by atomic mass is 79.9. The van der Waals surface area contributed by atoms with Gasteiger partial charge in [0.2, 0.25) is 0 Å². The van der Waals surface area contributed by atoms with Crippen LogP contribution in [-0.2, 0) is 12.8 Å². The molecule has 0 aliphatic rings. The van der Waals surface area contributed by atoms with Crippen molar-refractivity contribution in [1.82, 2.24) is 0 Å². The fraction of sp³-hybridized carbons (Fsp3) is 0.267. The summed E-state index contributed by atoms with van der Waals surface area (Å²) >= 11 is 5.23. The molecule has 18 heavy (non-hydrogen) atoms. The van der Waals surface area contributed by atoms with Gasteiger partial charge >= 0.3 is 0 Å². The topological polar surface area (TPSA) is 17.1 Å². The Kier molecular flexibility index (Phi) is 4.36. The van der Waals surface area contributed by atoms with E-state index in [2.05, 4.69) is 35.0 Å². The van der Waals surface area contributed by atoms with Crippen LogP contribution in [0.25, 0.3) is 0 Å². The maximum absolute atomic E-state index is 12.3. The van der Waals surface area contributed by atoms with E-state index < -0.39 is 0 Å². The number of hydrogen-bond donors (Lipinski definition) is 0. The summed E-state index contributed by atoms with van der Waals surface area (Å²) in [5.41, 5.74) is 1.88. The van der Waals surface area contributed by atoms with Gasteiger partial charge < -0.3 is 0 Å². The number of thiophene rings is 1. The standard InChI is InChI=1S/C15H15BrOS/c1-3-11-7-8-12(18-11)9-14(17)13-6-4-5-10(2)15(13)16/h4-8H,3,9H2,1-2H3. The Morgan fingerprint density at radius 2 is 1.94 bits per heavy atom. The first kappa shape index (κ1) is 13.5. The summed E-state index contributed by atoms with van der Waals surface area (Å²) in [6.45, 7) is 4.13. The molecule has 0 spiro atoms. The summed E-state index contributed by atoms with van der Waals surface area (Å²) in [6, 6.07) is 9.98. The molecule has 2 rings (SSSR count). The second kappa shape index (κ2) is 5.81. The maximum Gasteiger partial charge on any atom is 0.169 e. The molecule has 0 saturated heterocycles. The summed E-state index contributed by atoms with van der Waals surface area (Å²) < 4.78 is 0.919. The van der Waals surface area contributed by atoms with Gasteiger partial charge in [-0.2, -0.15) is 0 Å². The lowest BCUT2D eigenvalue weighted by molar-refractivity contribution is 0.0993. The second-order valence-electron chi connectivity index (χ2n) is 4.26. The summed E-state index contributed by atoms with van der Waals surface area (Å²) in [5, 5.41) is 0. The van der Waals surface area contributed by atoms with E-state index in [-0.39, 0.29) is 5.78 Å². The van der Waals surface area contributed by atoms with E-state index >= 15 is 0 Å². The van der Waals surface area contributed by atoms with Crippen LogP contribution >= 0.6 is 27.3 Å². The average molecular weight is 323 g/mol. The SMILES string of the molecule is CCc1ccc(CC(=O)c2cccc(C)c2Br)s1. The van der Waals surface area contributed by atoms with Gasteiger partial charge in [0.05, 0.1) is 0 Å². The molecule has 1 heterocycles. The van der Waals surface area contributed by atoms with Crippen molar-refractivity contribution in [2.75, 3.05) is 0 Å². The van der Waals surface area contributed by atoms with Crippen molar-refractivity contribution in [2.24, 2.45) is 0 Å². The number of carbonyl (C=O) groups excluding carboxylic acids is 1. The zero-order chi connectivity index (χ0) is 13.1. The summed E-state index contributed by atoms with van der Waals surface area (Å²) in [7, 11) is 0. The molecule has 0 saturated carbocycles. The van der Waals surface area contributed by atoms with Gasteiger partial charge in [-0.05, 0) is 47.0 Å². The molecule has 0 fully saturated rings. The molecule has 0 amide bonds. The van der Waals surface area contributed by atoms with Crippen LogP contribution in [0.2, 0.25) is 0 Å². The van der Waals surface area contributed by atoms with Gasteiger partial charge in [0.25, 0.3) is 0 Å². The first-order valence-corrected chi connectivity index (χ1v) is 7.58. The maximum atomic E-state index is 12.3. The van der Waals surface area contributed by atoms with Crippen LogP contribution in [0.15, 0.2) is 34.8 Å². The van der Waals surface area contributed by atoms with Crippen LogP contribution in [0.1, 0.15) is 32.6 Å². The molecule has 94 valence electrons. The van der Waals surface area contributed by atoms with Gasteiger partial charge in [-0.15, -0.1) is 11.3 Å². The molecule has 1 nitrogen and oxygen atoms in total. The minimum Gasteiger partial charge on any atom is -0.294 e. The smallest absolute Gasteiger partial charge is 0.169 e. The minimum atomic E-state index is 0.176. The number of ketones is 1. The van der Waals surface area contributed by atoms with Crippen LogP contribution in [0.3, 0.4) is 0 Å². The Hall–Kier alpha value is -0.930. The van der Waals surface area contributed by atoms with Crippen molar-refractivity contribution in [3.8, 4) is 0 Å². The number of benzene rings is 1. The van der Waals surface area contributed by atoms with Gasteiger partial charge in [-0.1, -0.05) is 25.1 Å². The normalized spacial score (nSPS) is 10.6. The van der Waals surface area contributed by atoms with Gasteiger partial charge in [-0.3, -0.25) is 4.79 Å². The molecule has 0 N–H and O–H groups in total. The van der Waals surface area contributed by atoms with E-state index in [1.165, 1.54) is 4.88 Å². The van der Waals surface area contributed by atoms with Crippen molar-refractivity contribution in [1.29, 1.82) is 0 Å². The van der Waals surface area contributed by atoms with E-state index in [0.717, 1.165) is 26.9 Å². The van der Waals surface area contributed by atoms with Gasteiger partial charge in [0.1, 0.15) is 0 Å². The first-order valence-electron chi connectivity index (χ1n) is 5.97. The van der Waals surface area contributed by atoms with Crippen molar-refractivity contribution >= 4 is 33.0 Å². The molecule has 0 unspecified atom stereocenters. The molecular weight excluding hydrogens is 308 g/mol. The zero-order valence-electron chi connectivity index (χ0n) is 10.5. The predicted molar refractivity (Wildman–Crippen MR) is 80.6 cm³/mol. The van der Waals surface area contributed by atoms with Gasteiger partial charge in [0.15, 0.2) is 5.78 Å². The Bertz CT molecular complexity index is 572. The third kappa shape index (κ3) is 2.90. The molecule has 1 aromatic carbocycles. The number of Topliss-reactive ketones (excluding diaryl/α,β-unsaturated/α-hetero) is 1. The van der Waals surface area contributed by atoms with Crippen molar-refractivity contribution in [3.05, 3.63) is 55.7 Å². The van der Waals surface area contributed by atoms with Crippen molar-refractivity contribution in [3.63, 3.8) is 0 Å². The predicted octanol–water partition coefficient (Wildman–Crippen LogP) is 4.81. The third-order valence-corrected chi connectivity index (χ3v) is 5.17. The number of hydrogen-bond acceptors (Lipinski definition) is 2. The third-order valence-electron chi connectivity index (χ3n) is 2.89. The molecule has 0 bridgehead atoms. The Morgan fingerprint density at radius 1 is 1.22 bits per heavy atom. The molecule has 0 aliphatic heterocycles. The van der Waals surface area contributed by atoms with E-state index in [4.69, 9.17) is 0 Å². The lowest BCUT2D eigenvalue weighted by Gasteiger charge is -2.05. The Labute approximate surface area is 120 Å². The Morgan fingerprint density at radius 3 is 2.61 bits per heavy atom. The summed E-state index contributed by atoms with van der Waals surface area (Å²) in [5.74, 6) is 0.176. The quantitative estimate of drug-likeness (QED) is 0.738. The second-order valence-corrected chi connectivity index (χ2v) is 6.30. The molecule has 0 aliphatic carbocycles. The molecule has 0 radical (unpaired) electrons. The molecular formula is C15H15BrOS. The molecule has 3 heteroatoms. The van der Waals surface area contributed by atoms with E-state index in [1.54, 1.807) is 11.3 Å². The van der Waals surface area contributed by atoms with Crippen LogP contribution in [0, 0.1) is 6.92 Å². The molecule has 2 aromatic rings. The minimum absolute atomic E-state index is 0.176. The number of aryl methyl sites for hydroxylation is 2. The van der Waals surface area contributed by atoms with Crippen LogP contribution in [0.4, 0.5) is 0 Å². The van der Waals surface area contributed by atoms with Crippen LogP contribution < -0.4 is 0 Å². The van der Waals surface area contributed by atoms with E-state index in [0.29, 0.717) is 6.42 Å². The Balaban J connectivity index is 2.19. The molecule has 0 atom stereocenters. The summed E-state index contributed by atoms with van der Waals surface area (Å²) in [4.78, 5) is 14.7. The first-order chi connectivity index (χ1) is 8.61. The zero-order valence-corrected chi connectivity index (χ0v) is 12.9. The van der Waals surface area contributed by atoms with Crippen molar-refractivity contribution in [2.45, 2.75) is 26.7 Å². The highest BCUT2D eigenvalue weighted by Gasteiger charge is 2.13. The van der Waals surface area contributed by atoms with E-state index in [1.807, 2.05) is 25.1 Å². The summed E-state index contributed by atoms with van der Waals surface area (Å²) in [6.07, 6.45) is 1.53. The highest BCUT2D eigenvalue weighted by molar-refractivity contribution is 9.10. The molecule has 1 aromatic heterocycles. The largest absolute Gasteiger partial charge is 0.294 e. The average Bonchev–Trinajstić information content (AvgIpc) is 2.80. The van der Waals surface area contributed by atoms with Gasteiger partial charge in [0, 0.05) is 26.2 Å². The van der Waals surface area contributed by atoms with Crippen LogP contribution in [-0.4, -0.2) is 5.78 Å². The highest BCUT2D eigenvalue weighted by Crippen LogP contribution is 2.24. The number of rotatable bonds is 4. The van der Waals surface area contributed by atoms with Gasteiger partial charge in [-0.25, -0.2) is 0 Å². The van der Waals surface area contributed by atoms with Crippen LogP contribution in [0.5, 0.6) is 0 Å². The monoisotopic (exact) mass is 322 g/mol. The lowest BCUT2D eigenvalue weighted by atomic mass is 10.1. The lowest BCUT2D eigenvalue weighted by Crippen LogP contribution is -2.03.